The molecule has 0 radical (unpaired) electrons. The Balaban J connectivity index is 1.91. The number of hydrogen-bond acceptors (Lipinski definition) is 4. The number of aryl methyl sites for hydroxylation is 1. The molecule has 0 aromatic carbocycles. The minimum absolute atomic E-state index is 0.0154. The number of aromatic nitrogens is 2. The standard InChI is InChI=1S/C16H25N5O3/c1-10(2)18-14(22)9-17-16(24)12-8-13(21(3)20-12)19-15(23)11-6-4-5-7-11/h8,10-11H,4-7,9H2,1-3H3,(H,17,24)(H,18,22)(H,19,23). The zero-order valence-corrected chi connectivity index (χ0v) is 14.4. The lowest BCUT2D eigenvalue weighted by molar-refractivity contribution is -0.121. The molecule has 0 spiro atoms. The van der Waals surface area contributed by atoms with E-state index in [0.29, 0.717) is 5.82 Å². The third-order valence-electron chi connectivity index (χ3n) is 3.95. The highest BCUT2D eigenvalue weighted by Crippen LogP contribution is 2.26. The first-order valence-electron chi connectivity index (χ1n) is 8.29. The van der Waals surface area contributed by atoms with Gasteiger partial charge in [-0.3, -0.25) is 19.1 Å². The molecule has 0 atom stereocenters. The quantitative estimate of drug-likeness (QED) is 0.715. The van der Waals surface area contributed by atoms with Crippen LogP contribution in [-0.2, 0) is 16.6 Å². The Morgan fingerprint density at radius 3 is 2.58 bits per heavy atom. The van der Waals surface area contributed by atoms with Crippen LogP contribution in [0.4, 0.5) is 5.82 Å². The molecule has 0 aliphatic heterocycles. The van der Waals surface area contributed by atoms with Crippen LogP contribution in [0.15, 0.2) is 6.07 Å². The van der Waals surface area contributed by atoms with Crippen LogP contribution < -0.4 is 16.0 Å². The molecule has 8 nitrogen and oxygen atoms in total. The van der Waals surface area contributed by atoms with Crippen LogP contribution in [0.25, 0.3) is 0 Å². The fraction of sp³-hybridized carbons (Fsp3) is 0.625. The Kier molecular flexibility index (Phi) is 5.94. The molecule has 1 aliphatic rings. The Bertz CT molecular complexity index is 617. The topological polar surface area (TPSA) is 105 Å². The number of anilines is 1. The first kappa shape index (κ1) is 18.0. The Morgan fingerprint density at radius 2 is 1.96 bits per heavy atom. The number of hydrogen-bond donors (Lipinski definition) is 3. The Hall–Kier alpha value is -2.38. The molecule has 1 heterocycles. The van der Waals surface area contributed by atoms with Crippen molar-refractivity contribution in [3.8, 4) is 0 Å². The summed E-state index contributed by atoms with van der Waals surface area (Å²) in [4.78, 5) is 35.8. The summed E-state index contributed by atoms with van der Waals surface area (Å²) in [6.45, 7) is 3.58. The van der Waals surface area contributed by atoms with Gasteiger partial charge in [0.05, 0.1) is 6.54 Å². The minimum Gasteiger partial charge on any atom is -0.352 e. The number of nitrogens with one attached hydrogen (secondary N) is 3. The van der Waals surface area contributed by atoms with Crippen LogP contribution >= 0.6 is 0 Å². The van der Waals surface area contributed by atoms with Crippen molar-refractivity contribution in [3.05, 3.63) is 11.8 Å². The fourth-order valence-electron chi connectivity index (χ4n) is 2.74. The smallest absolute Gasteiger partial charge is 0.272 e. The van der Waals surface area contributed by atoms with E-state index in [-0.39, 0.29) is 36.0 Å². The predicted octanol–water partition coefficient (Wildman–Crippen LogP) is 0.803. The van der Waals surface area contributed by atoms with Crippen LogP contribution in [0, 0.1) is 5.92 Å². The lowest BCUT2D eigenvalue weighted by Gasteiger charge is -2.09. The van der Waals surface area contributed by atoms with Crippen LogP contribution in [-0.4, -0.2) is 40.1 Å². The van der Waals surface area contributed by atoms with Crippen molar-refractivity contribution in [2.75, 3.05) is 11.9 Å². The molecule has 1 aliphatic carbocycles. The predicted molar refractivity (Wildman–Crippen MR) is 89.4 cm³/mol. The molecule has 0 unspecified atom stereocenters. The van der Waals surface area contributed by atoms with Crippen molar-refractivity contribution in [3.63, 3.8) is 0 Å². The van der Waals surface area contributed by atoms with Gasteiger partial charge in [0.25, 0.3) is 5.91 Å². The lowest BCUT2D eigenvalue weighted by Crippen LogP contribution is -2.39. The second-order valence-corrected chi connectivity index (χ2v) is 6.41. The van der Waals surface area contributed by atoms with Gasteiger partial charge in [0.15, 0.2) is 5.69 Å². The number of carbonyl (C=O) groups excluding carboxylic acids is 3. The monoisotopic (exact) mass is 335 g/mol. The number of carbonyl (C=O) groups is 3. The molecule has 1 saturated carbocycles. The van der Waals surface area contributed by atoms with E-state index in [1.54, 1.807) is 7.05 Å². The maximum Gasteiger partial charge on any atom is 0.272 e. The van der Waals surface area contributed by atoms with Gasteiger partial charge in [0.1, 0.15) is 5.82 Å². The van der Waals surface area contributed by atoms with Crippen molar-refractivity contribution in [2.45, 2.75) is 45.6 Å². The van der Waals surface area contributed by atoms with Crippen LogP contribution in [0.5, 0.6) is 0 Å². The summed E-state index contributed by atoms with van der Waals surface area (Å²) >= 11 is 0. The van der Waals surface area contributed by atoms with E-state index in [1.165, 1.54) is 10.7 Å². The number of nitrogens with zero attached hydrogens (tertiary/aromatic N) is 2. The summed E-state index contributed by atoms with van der Waals surface area (Å²) in [5.41, 5.74) is 0.163. The van der Waals surface area contributed by atoms with E-state index in [0.717, 1.165) is 25.7 Å². The summed E-state index contributed by atoms with van der Waals surface area (Å²) in [6, 6.07) is 1.53. The van der Waals surface area contributed by atoms with Crippen molar-refractivity contribution >= 4 is 23.5 Å². The summed E-state index contributed by atoms with van der Waals surface area (Å²) in [7, 11) is 1.66. The summed E-state index contributed by atoms with van der Waals surface area (Å²) in [5, 5.41) is 12.1. The van der Waals surface area contributed by atoms with E-state index in [9.17, 15) is 14.4 Å². The van der Waals surface area contributed by atoms with Gasteiger partial charge in [-0.15, -0.1) is 0 Å². The van der Waals surface area contributed by atoms with Crippen LogP contribution in [0.2, 0.25) is 0 Å². The largest absolute Gasteiger partial charge is 0.352 e. The fourth-order valence-corrected chi connectivity index (χ4v) is 2.74. The van der Waals surface area contributed by atoms with E-state index >= 15 is 0 Å². The van der Waals surface area contributed by atoms with Crippen molar-refractivity contribution in [2.24, 2.45) is 13.0 Å². The second kappa shape index (κ2) is 7.94. The highest BCUT2D eigenvalue weighted by molar-refractivity contribution is 5.97. The lowest BCUT2D eigenvalue weighted by atomic mass is 10.1. The van der Waals surface area contributed by atoms with Gasteiger partial charge in [0.2, 0.25) is 11.8 Å². The van der Waals surface area contributed by atoms with Gasteiger partial charge in [-0.25, -0.2) is 0 Å². The Labute approximate surface area is 141 Å². The van der Waals surface area contributed by atoms with Gasteiger partial charge >= 0.3 is 0 Å². The molecule has 1 aromatic rings. The second-order valence-electron chi connectivity index (χ2n) is 6.41. The molecule has 1 fully saturated rings. The molecule has 2 rings (SSSR count). The van der Waals surface area contributed by atoms with E-state index < -0.39 is 5.91 Å². The SMILES string of the molecule is CC(C)NC(=O)CNC(=O)c1cc(NC(=O)C2CCCC2)n(C)n1. The van der Waals surface area contributed by atoms with Crippen LogP contribution in [0.1, 0.15) is 50.0 Å². The van der Waals surface area contributed by atoms with Crippen molar-refractivity contribution < 1.29 is 14.4 Å². The molecule has 8 heteroatoms. The molecule has 132 valence electrons. The molecular formula is C16H25N5O3. The molecule has 0 saturated heterocycles. The number of rotatable bonds is 6. The Morgan fingerprint density at radius 1 is 1.29 bits per heavy atom. The summed E-state index contributed by atoms with van der Waals surface area (Å²) < 4.78 is 1.45. The molecule has 0 bridgehead atoms. The van der Waals surface area contributed by atoms with Gasteiger partial charge < -0.3 is 16.0 Å². The third kappa shape index (κ3) is 4.81. The summed E-state index contributed by atoms with van der Waals surface area (Å²) in [6.07, 6.45) is 3.97. The zero-order chi connectivity index (χ0) is 17.7. The molecule has 3 N–H and O–H groups in total. The highest BCUT2D eigenvalue weighted by Gasteiger charge is 2.24. The third-order valence-corrected chi connectivity index (χ3v) is 3.95. The zero-order valence-electron chi connectivity index (χ0n) is 14.4. The highest BCUT2D eigenvalue weighted by atomic mass is 16.2. The molecule has 1 aromatic heterocycles. The van der Waals surface area contributed by atoms with Gasteiger partial charge in [-0.1, -0.05) is 12.8 Å². The molecular weight excluding hydrogens is 310 g/mol. The van der Waals surface area contributed by atoms with E-state index in [2.05, 4.69) is 21.0 Å². The minimum atomic E-state index is -0.453. The summed E-state index contributed by atoms with van der Waals surface area (Å²) in [5.74, 6) is -0.228. The first-order chi connectivity index (χ1) is 11.4. The maximum atomic E-state index is 12.2. The average molecular weight is 335 g/mol. The van der Waals surface area contributed by atoms with Gasteiger partial charge in [-0.05, 0) is 26.7 Å². The van der Waals surface area contributed by atoms with E-state index in [1.807, 2.05) is 13.8 Å². The average Bonchev–Trinajstić information content (AvgIpc) is 3.15. The van der Waals surface area contributed by atoms with Crippen molar-refractivity contribution in [1.29, 1.82) is 0 Å². The van der Waals surface area contributed by atoms with Gasteiger partial charge in [0, 0.05) is 25.1 Å². The normalized spacial score (nSPS) is 14.7. The number of amides is 3. The molecule has 24 heavy (non-hydrogen) atoms. The van der Waals surface area contributed by atoms with Crippen LogP contribution in [0.3, 0.4) is 0 Å². The van der Waals surface area contributed by atoms with Crippen molar-refractivity contribution in [1.82, 2.24) is 20.4 Å². The first-order valence-corrected chi connectivity index (χ1v) is 8.29. The van der Waals surface area contributed by atoms with Gasteiger partial charge in [-0.2, -0.15) is 5.10 Å². The maximum absolute atomic E-state index is 12.2. The van der Waals surface area contributed by atoms with E-state index in [4.69, 9.17) is 0 Å². The molecule has 3 amide bonds.